The van der Waals surface area contributed by atoms with Crippen LogP contribution in [0.3, 0.4) is 0 Å². The number of carbonyl (C=O) groups is 1. The normalized spacial score (nSPS) is 18.5. The summed E-state index contributed by atoms with van der Waals surface area (Å²) in [5, 5.41) is 3.49. The highest BCUT2D eigenvalue weighted by molar-refractivity contribution is 5.99. The molecule has 1 aliphatic heterocycles. The van der Waals surface area contributed by atoms with E-state index in [1.165, 1.54) is 12.8 Å². The Morgan fingerprint density at radius 1 is 1.60 bits per heavy atom. The van der Waals surface area contributed by atoms with Crippen LogP contribution < -0.4 is 16.0 Å². The number of rotatable bonds is 5. The van der Waals surface area contributed by atoms with E-state index in [-0.39, 0.29) is 6.04 Å². The summed E-state index contributed by atoms with van der Waals surface area (Å²) < 4.78 is 0. The molecule has 0 saturated carbocycles. The van der Waals surface area contributed by atoms with E-state index in [1.54, 1.807) is 6.20 Å². The number of nitrogens with zero attached hydrogens (tertiary/aromatic N) is 2. The van der Waals surface area contributed by atoms with Crippen molar-refractivity contribution in [2.75, 3.05) is 18.0 Å². The van der Waals surface area contributed by atoms with Crippen molar-refractivity contribution >= 4 is 11.7 Å². The van der Waals surface area contributed by atoms with E-state index < -0.39 is 5.91 Å². The molecule has 2 heterocycles. The lowest BCUT2D eigenvalue weighted by Gasteiger charge is -2.32. The van der Waals surface area contributed by atoms with Crippen molar-refractivity contribution in [1.82, 2.24) is 10.3 Å². The zero-order valence-electron chi connectivity index (χ0n) is 12.5. The number of amides is 1. The minimum atomic E-state index is -0.407. The Kier molecular flexibility index (Phi) is 4.60. The third-order valence-electron chi connectivity index (χ3n) is 3.86. The maximum atomic E-state index is 11.7. The van der Waals surface area contributed by atoms with E-state index in [0.717, 1.165) is 18.7 Å². The summed E-state index contributed by atoms with van der Waals surface area (Å²) in [6, 6.07) is 2.56. The predicted octanol–water partition coefficient (Wildman–Crippen LogP) is 1.46. The van der Waals surface area contributed by atoms with E-state index >= 15 is 0 Å². The van der Waals surface area contributed by atoms with Crippen molar-refractivity contribution < 1.29 is 4.79 Å². The van der Waals surface area contributed by atoms with Gasteiger partial charge in [0.1, 0.15) is 5.82 Å². The van der Waals surface area contributed by atoms with E-state index in [2.05, 4.69) is 29.0 Å². The Morgan fingerprint density at radius 2 is 2.35 bits per heavy atom. The molecule has 20 heavy (non-hydrogen) atoms. The number of carbonyl (C=O) groups excluding carboxylic acids is 1. The van der Waals surface area contributed by atoms with Gasteiger partial charge in [-0.2, -0.15) is 0 Å². The van der Waals surface area contributed by atoms with Crippen LogP contribution in [-0.2, 0) is 0 Å². The lowest BCUT2D eigenvalue weighted by molar-refractivity contribution is 0.1000. The number of anilines is 1. The van der Waals surface area contributed by atoms with Crippen LogP contribution in [0, 0.1) is 6.92 Å². The molecule has 1 unspecified atom stereocenters. The first kappa shape index (κ1) is 14.8. The minimum Gasteiger partial charge on any atom is -0.365 e. The lowest BCUT2D eigenvalue weighted by atomic mass is 10.1. The molecule has 1 saturated heterocycles. The average Bonchev–Trinajstić information content (AvgIpc) is 2.87. The van der Waals surface area contributed by atoms with Gasteiger partial charge in [0.05, 0.1) is 5.56 Å². The first-order chi connectivity index (χ1) is 9.50. The van der Waals surface area contributed by atoms with Crippen LogP contribution in [0.4, 0.5) is 5.82 Å². The van der Waals surface area contributed by atoms with Crippen molar-refractivity contribution in [3.05, 3.63) is 23.4 Å². The molecular weight excluding hydrogens is 252 g/mol. The van der Waals surface area contributed by atoms with Crippen LogP contribution in [-0.4, -0.2) is 36.1 Å². The van der Waals surface area contributed by atoms with Gasteiger partial charge in [0.15, 0.2) is 0 Å². The van der Waals surface area contributed by atoms with Crippen molar-refractivity contribution in [2.24, 2.45) is 5.73 Å². The highest BCUT2D eigenvalue weighted by Crippen LogP contribution is 2.23. The lowest BCUT2D eigenvalue weighted by Crippen LogP contribution is -2.42. The molecule has 5 nitrogen and oxygen atoms in total. The second-order valence-electron chi connectivity index (χ2n) is 5.73. The van der Waals surface area contributed by atoms with Gasteiger partial charge in [-0.05, 0) is 51.8 Å². The Morgan fingerprint density at radius 3 is 2.90 bits per heavy atom. The second-order valence-corrected chi connectivity index (χ2v) is 5.73. The first-order valence-electron chi connectivity index (χ1n) is 7.26. The van der Waals surface area contributed by atoms with Gasteiger partial charge in [-0.3, -0.25) is 4.79 Å². The zero-order valence-corrected chi connectivity index (χ0v) is 12.5. The molecule has 2 rings (SSSR count). The summed E-state index contributed by atoms with van der Waals surface area (Å²) in [5.41, 5.74) is 6.96. The number of nitrogens with one attached hydrogen (secondary N) is 1. The molecule has 1 amide bonds. The molecule has 0 spiro atoms. The first-order valence-corrected chi connectivity index (χ1v) is 7.26. The molecule has 0 bridgehead atoms. The van der Waals surface area contributed by atoms with Gasteiger partial charge in [0, 0.05) is 24.8 Å². The van der Waals surface area contributed by atoms with Crippen LogP contribution in [0.1, 0.15) is 42.6 Å². The fourth-order valence-electron chi connectivity index (χ4n) is 2.76. The molecule has 110 valence electrons. The summed E-state index contributed by atoms with van der Waals surface area (Å²) in [5.74, 6) is 0.303. The van der Waals surface area contributed by atoms with Crippen LogP contribution >= 0.6 is 0 Å². The predicted molar refractivity (Wildman–Crippen MR) is 81.0 cm³/mol. The Hall–Kier alpha value is -1.62. The molecule has 3 N–H and O–H groups in total. The summed E-state index contributed by atoms with van der Waals surface area (Å²) in [4.78, 5) is 18.3. The fourth-order valence-corrected chi connectivity index (χ4v) is 2.76. The summed E-state index contributed by atoms with van der Waals surface area (Å²) in [6.07, 6.45) is 4.12. The molecule has 1 aromatic heterocycles. The molecular formula is C15H24N4O. The highest BCUT2D eigenvalue weighted by atomic mass is 16.1. The van der Waals surface area contributed by atoms with E-state index in [9.17, 15) is 4.79 Å². The number of aryl methyl sites for hydroxylation is 1. The van der Waals surface area contributed by atoms with Crippen LogP contribution in [0.25, 0.3) is 0 Å². The van der Waals surface area contributed by atoms with Gasteiger partial charge in [0.2, 0.25) is 0 Å². The number of pyridine rings is 1. The van der Waals surface area contributed by atoms with Crippen LogP contribution in [0.15, 0.2) is 12.3 Å². The summed E-state index contributed by atoms with van der Waals surface area (Å²) in [6.45, 7) is 8.06. The molecule has 0 radical (unpaired) electrons. The Labute approximate surface area is 120 Å². The van der Waals surface area contributed by atoms with E-state index in [1.807, 2.05) is 13.0 Å². The average molecular weight is 276 g/mol. The molecule has 5 heteroatoms. The van der Waals surface area contributed by atoms with Crippen molar-refractivity contribution in [3.8, 4) is 0 Å². The Bertz CT molecular complexity index is 481. The number of nitrogens with two attached hydrogens (primary N) is 1. The SMILES string of the molecule is Cc1ccnc(N(CC2CCCN2)C(C)C)c1C(N)=O. The molecule has 1 atom stereocenters. The molecule has 0 aromatic carbocycles. The zero-order chi connectivity index (χ0) is 14.7. The van der Waals surface area contributed by atoms with Gasteiger partial charge < -0.3 is 16.0 Å². The van der Waals surface area contributed by atoms with E-state index in [0.29, 0.717) is 17.4 Å². The number of hydrogen-bond acceptors (Lipinski definition) is 4. The van der Waals surface area contributed by atoms with Crippen molar-refractivity contribution in [1.29, 1.82) is 0 Å². The van der Waals surface area contributed by atoms with Gasteiger partial charge >= 0.3 is 0 Å². The number of hydrogen-bond donors (Lipinski definition) is 2. The van der Waals surface area contributed by atoms with Crippen molar-refractivity contribution in [3.63, 3.8) is 0 Å². The number of aromatic nitrogens is 1. The highest BCUT2D eigenvalue weighted by Gasteiger charge is 2.24. The van der Waals surface area contributed by atoms with Gasteiger partial charge in [-0.1, -0.05) is 0 Å². The van der Waals surface area contributed by atoms with Gasteiger partial charge in [0.25, 0.3) is 5.91 Å². The standard InChI is InChI=1S/C15H24N4O/c1-10(2)19(9-12-5-4-7-17-12)15-13(14(16)20)11(3)6-8-18-15/h6,8,10,12,17H,4-5,7,9H2,1-3H3,(H2,16,20). The van der Waals surface area contributed by atoms with Crippen LogP contribution in [0.2, 0.25) is 0 Å². The topological polar surface area (TPSA) is 71.2 Å². The van der Waals surface area contributed by atoms with Gasteiger partial charge in [-0.15, -0.1) is 0 Å². The smallest absolute Gasteiger partial charge is 0.252 e. The second kappa shape index (κ2) is 6.22. The molecule has 1 aromatic rings. The summed E-state index contributed by atoms with van der Waals surface area (Å²) >= 11 is 0. The van der Waals surface area contributed by atoms with Crippen LogP contribution in [0.5, 0.6) is 0 Å². The maximum absolute atomic E-state index is 11.7. The molecule has 1 aliphatic rings. The molecule has 0 aliphatic carbocycles. The quantitative estimate of drug-likeness (QED) is 0.854. The third kappa shape index (κ3) is 3.10. The third-order valence-corrected chi connectivity index (χ3v) is 3.86. The number of primary amides is 1. The fraction of sp³-hybridized carbons (Fsp3) is 0.600. The maximum Gasteiger partial charge on any atom is 0.252 e. The van der Waals surface area contributed by atoms with Gasteiger partial charge in [-0.25, -0.2) is 4.98 Å². The summed E-state index contributed by atoms with van der Waals surface area (Å²) in [7, 11) is 0. The Balaban J connectivity index is 2.33. The molecule has 1 fully saturated rings. The van der Waals surface area contributed by atoms with Crippen molar-refractivity contribution in [2.45, 2.75) is 45.7 Å². The largest absolute Gasteiger partial charge is 0.365 e. The minimum absolute atomic E-state index is 0.268. The monoisotopic (exact) mass is 276 g/mol. The van der Waals surface area contributed by atoms with E-state index in [4.69, 9.17) is 5.73 Å².